The Labute approximate surface area is 95.8 Å². The van der Waals surface area contributed by atoms with E-state index >= 15 is 0 Å². The van der Waals surface area contributed by atoms with Crippen LogP contribution in [0.2, 0.25) is 0 Å². The molecule has 1 aromatic rings. The number of hydrogen-bond acceptors (Lipinski definition) is 3. The molecule has 1 saturated heterocycles. The van der Waals surface area contributed by atoms with Gasteiger partial charge in [0.1, 0.15) is 5.76 Å². The molecule has 3 heteroatoms. The molecule has 0 bridgehead atoms. The fourth-order valence-corrected chi connectivity index (χ4v) is 2.01. The van der Waals surface area contributed by atoms with Crippen LogP contribution in [0.1, 0.15) is 48.9 Å². The van der Waals surface area contributed by atoms with E-state index in [1.807, 2.05) is 13.0 Å². The molecule has 1 fully saturated rings. The van der Waals surface area contributed by atoms with Gasteiger partial charge >= 0.3 is 0 Å². The molecule has 1 aromatic heterocycles. The smallest absolute Gasteiger partial charge is 0.198 e. The van der Waals surface area contributed by atoms with Crippen molar-refractivity contribution in [2.45, 2.75) is 45.1 Å². The number of furan rings is 1. The number of carbonyl (C=O) groups excluding carboxylic acids is 1. The topological polar surface area (TPSA) is 39.4 Å². The number of aryl methyl sites for hydroxylation is 1. The van der Waals surface area contributed by atoms with Crippen LogP contribution >= 0.6 is 0 Å². The van der Waals surface area contributed by atoms with Crippen molar-refractivity contribution in [3.8, 4) is 0 Å². The minimum atomic E-state index is 0.0928. The molecule has 0 aliphatic carbocycles. The van der Waals surface area contributed by atoms with Gasteiger partial charge in [-0.25, -0.2) is 0 Å². The molecule has 0 aromatic carbocycles. The summed E-state index contributed by atoms with van der Waals surface area (Å²) in [6, 6.07) is 3.65. The summed E-state index contributed by atoms with van der Waals surface area (Å²) in [5.41, 5.74) is 0. The van der Waals surface area contributed by atoms with E-state index in [-0.39, 0.29) is 11.9 Å². The van der Waals surface area contributed by atoms with Crippen LogP contribution in [-0.2, 0) is 11.2 Å². The van der Waals surface area contributed by atoms with E-state index in [4.69, 9.17) is 9.15 Å². The summed E-state index contributed by atoms with van der Waals surface area (Å²) < 4.78 is 10.9. The van der Waals surface area contributed by atoms with Crippen LogP contribution in [0.3, 0.4) is 0 Å². The van der Waals surface area contributed by atoms with Crippen LogP contribution in [0, 0.1) is 0 Å². The Morgan fingerprint density at radius 1 is 1.50 bits per heavy atom. The van der Waals surface area contributed by atoms with Crippen molar-refractivity contribution in [2.75, 3.05) is 6.61 Å². The van der Waals surface area contributed by atoms with E-state index in [2.05, 4.69) is 0 Å². The van der Waals surface area contributed by atoms with Gasteiger partial charge in [-0.2, -0.15) is 0 Å². The first-order valence-corrected chi connectivity index (χ1v) is 6.03. The first kappa shape index (κ1) is 11.4. The van der Waals surface area contributed by atoms with Gasteiger partial charge in [-0.3, -0.25) is 4.79 Å². The molecule has 0 spiro atoms. The fourth-order valence-electron chi connectivity index (χ4n) is 2.01. The van der Waals surface area contributed by atoms with E-state index in [0.717, 1.165) is 38.1 Å². The maximum atomic E-state index is 11.8. The van der Waals surface area contributed by atoms with Crippen molar-refractivity contribution in [1.82, 2.24) is 0 Å². The third-order valence-electron chi connectivity index (χ3n) is 3.00. The Balaban J connectivity index is 1.82. The Morgan fingerprint density at radius 3 is 3.00 bits per heavy atom. The normalized spacial score (nSPS) is 20.2. The monoisotopic (exact) mass is 222 g/mol. The lowest BCUT2D eigenvalue weighted by molar-refractivity contribution is 0.0839. The Bertz CT molecular complexity index is 348. The van der Waals surface area contributed by atoms with Crippen molar-refractivity contribution in [1.29, 1.82) is 0 Å². The first-order chi connectivity index (χ1) is 7.79. The van der Waals surface area contributed by atoms with Gasteiger partial charge in [-0.05, 0) is 31.4 Å². The zero-order chi connectivity index (χ0) is 11.4. The van der Waals surface area contributed by atoms with Crippen molar-refractivity contribution in [2.24, 2.45) is 0 Å². The SMILES string of the molecule is CCc1ccc(C(=O)CCC2CCCO2)o1. The van der Waals surface area contributed by atoms with Gasteiger partial charge in [0, 0.05) is 19.4 Å². The van der Waals surface area contributed by atoms with Gasteiger partial charge in [0.05, 0.1) is 6.10 Å². The zero-order valence-corrected chi connectivity index (χ0v) is 9.70. The lowest BCUT2D eigenvalue weighted by Gasteiger charge is -2.06. The molecule has 3 nitrogen and oxygen atoms in total. The summed E-state index contributed by atoms with van der Waals surface area (Å²) in [6.45, 7) is 2.86. The highest BCUT2D eigenvalue weighted by Gasteiger charge is 2.18. The zero-order valence-electron chi connectivity index (χ0n) is 9.70. The lowest BCUT2D eigenvalue weighted by Crippen LogP contribution is -2.08. The molecule has 1 atom stereocenters. The second-order valence-electron chi connectivity index (χ2n) is 4.22. The number of ether oxygens (including phenoxy) is 1. The number of ketones is 1. The molecular formula is C13H18O3. The minimum absolute atomic E-state index is 0.0928. The molecule has 2 rings (SSSR count). The van der Waals surface area contributed by atoms with Crippen LogP contribution < -0.4 is 0 Å². The summed E-state index contributed by atoms with van der Waals surface area (Å²) in [5, 5.41) is 0. The van der Waals surface area contributed by atoms with Crippen molar-refractivity contribution in [3.63, 3.8) is 0 Å². The quantitative estimate of drug-likeness (QED) is 0.719. The Kier molecular flexibility index (Phi) is 3.78. The van der Waals surface area contributed by atoms with Crippen LogP contribution in [0.25, 0.3) is 0 Å². The molecule has 1 unspecified atom stereocenters. The molecule has 0 N–H and O–H groups in total. The standard InChI is InChI=1S/C13H18O3/c1-2-10-6-8-13(16-10)12(14)7-5-11-4-3-9-15-11/h6,8,11H,2-5,7,9H2,1H3. The molecule has 88 valence electrons. The third-order valence-corrected chi connectivity index (χ3v) is 3.00. The van der Waals surface area contributed by atoms with Crippen LogP contribution in [0.4, 0.5) is 0 Å². The highest BCUT2D eigenvalue weighted by Crippen LogP contribution is 2.19. The van der Waals surface area contributed by atoms with Crippen LogP contribution in [0.15, 0.2) is 16.5 Å². The second kappa shape index (κ2) is 5.30. The van der Waals surface area contributed by atoms with Gasteiger partial charge < -0.3 is 9.15 Å². The lowest BCUT2D eigenvalue weighted by atomic mass is 10.1. The maximum Gasteiger partial charge on any atom is 0.198 e. The average molecular weight is 222 g/mol. The highest BCUT2D eigenvalue weighted by molar-refractivity contribution is 5.93. The number of rotatable bonds is 5. The van der Waals surface area contributed by atoms with Crippen LogP contribution in [0.5, 0.6) is 0 Å². The third kappa shape index (κ3) is 2.73. The first-order valence-electron chi connectivity index (χ1n) is 6.03. The number of Topliss-reactive ketones (excluding diaryl/α,β-unsaturated/α-hetero) is 1. The van der Waals surface area contributed by atoms with Crippen molar-refractivity contribution >= 4 is 5.78 Å². The average Bonchev–Trinajstić information content (AvgIpc) is 2.96. The van der Waals surface area contributed by atoms with E-state index in [9.17, 15) is 4.79 Å². The van der Waals surface area contributed by atoms with Gasteiger partial charge in [-0.15, -0.1) is 0 Å². The summed E-state index contributed by atoms with van der Waals surface area (Å²) >= 11 is 0. The molecule has 0 amide bonds. The summed E-state index contributed by atoms with van der Waals surface area (Å²) in [7, 11) is 0. The van der Waals surface area contributed by atoms with Crippen molar-refractivity contribution in [3.05, 3.63) is 23.7 Å². The van der Waals surface area contributed by atoms with E-state index in [0.29, 0.717) is 12.2 Å². The molecule has 0 saturated carbocycles. The Hall–Kier alpha value is -1.09. The van der Waals surface area contributed by atoms with Gasteiger partial charge in [-0.1, -0.05) is 6.92 Å². The Morgan fingerprint density at radius 2 is 2.38 bits per heavy atom. The largest absolute Gasteiger partial charge is 0.458 e. The van der Waals surface area contributed by atoms with Crippen molar-refractivity contribution < 1.29 is 13.9 Å². The summed E-state index contributed by atoms with van der Waals surface area (Å²) in [6.07, 6.45) is 4.68. The van der Waals surface area contributed by atoms with Gasteiger partial charge in [0.25, 0.3) is 0 Å². The summed E-state index contributed by atoms with van der Waals surface area (Å²) in [5.74, 6) is 1.46. The number of carbonyl (C=O) groups is 1. The minimum Gasteiger partial charge on any atom is -0.458 e. The van der Waals surface area contributed by atoms with Gasteiger partial charge in [0.15, 0.2) is 11.5 Å². The predicted molar refractivity (Wildman–Crippen MR) is 60.6 cm³/mol. The van der Waals surface area contributed by atoms with E-state index in [1.165, 1.54) is 0 Å². The molecule has 1 aliphatic heterocycles. The summed E-state index contributed by atoms with van der Waals surface area (Å²) in [4.78, 5) is 11.8. The highest BCUT2D eigenvalue weighted by atomic mass is 16.5. The van der Waals surface area contributed by atoms with E-state index in [1.54, 1.807) is 6.07 Å². The fraction of sp³-hybridized carbons (Fsp3) is 0.615. The molecular weight excluding hydrogens is 204 g/mol. The molecule has 1 aliphatic rings. The maximum absolute atomic E-state index is 11.8. The molecule has 16 heavy (non-hydrogen) atoms. The predicted octanol–water partition coefficient (Wildman–Crippen LogP) is 2.98. The van der Waals surface area contributed by atoms with Gasteiger partial charge in [0.2, 0.25) is 0 Å². The van der Waals surface area contributed by atoms with Crippen LogP contribution in [-0.4, -0.2) is 18.5 Å². The second-order valence-corrected chi connectivity index (χ2v) is 4.22. The molecule has 0 radical (unpaired) electrons. The van der Waals surface area contributed by atoms with E-state index < -0.39 is 0 Å². The molecule has 2 heterocycles. The number of hydrogen-bond donors (Lipinski definition) is 0.